The smallest absolute Gasteiger partial charge is 0.282 e. The van der Waals surface area contributed by atoms with Crippen molar-refractivity contribution in [3.63, 3.8) is 0 Å². The fraction of sp³-hybridized carbons (Fsp3) is 0.100. The van der Waals surface area contributed by atoms with Crippen LogP contribution in [0.15, 0.2) is 107 Å². The Kier molecular flexibility index (Phi) is 6.58. The molecule has 0 aliphatic rings. The second-order valence-corrected chi connectivity index (χ2v) is 8.37. The minimum absolute atomic E-state index is 0.235. The third kappa shape index (κ3) is 4.88. The van der Waals surface area contributed by atoms with Crippen LogP contribution in [0.5, 0.6) is 11.5 Å². The first-order valence-corrected chi connectivity index (χ1v) is 11.6. The van der Waals surface area contributed by atoms with Gasteiger partial charge in [-0.1, -0.05) is 72.3 Å². The molecule has 0 N–H and O–H groups in total. The lowest BCUT2D eigenvalue weighted by Crippen LogP contribution is -2.20. The molecule has 6 nitrogen and oxygen atoms in total. The molecule has 4 aromatic carbocycles. The number of aromatic nitrogens is 2. The number of aryl methyl sites for hydroxylation is 1. The first-order chi connectivity index (χ1) is 17.6. The van der Waals surface area contributed by atoms with Gasteiger partial charge in [-0.3, -0.25) is 4.79 Å². The van der Waals surface area contributed by atoms with E-state index in [4.69, 9.17) is 14.5 Å². The highest BCUT2D eigenvalue weighted by Gasteiger charge is 2.12. The van der Waals surface area contributed by atoms with Crippen molar-refractivity contribution in [1.82, 2.24) is 9.66 Å². The third-order valence-electron chi connectivity index (χ3n) is 5.77. The third-order valence-corrected chi connectivity index (χ3v) is 5.77. The fourth-order valence-corrected chi connectivity index (χ4v) is 3.98. The van der Waals surface area contributed by atoms with Crippen molar-refractivity contribution in [3.05, 3.63) is 124 Å². The summed E-state index contributed by atoms with van der Waals surface area (Å²) in [6.45, 7) is 2.49. The van der Waals surface area contributed by atoms with Gasteiger partial charge in [-0.25, -0.2) is 4.98 Å². The molecule has 5 rings (SSSR count). The van der Waals surface area contributed by atoms with E-state index in [9.17, 15) is 4.79 Å². The minimum atomic E-state index is -0.235. The summed E-state index contributed by atoms with van der Waals surface area (Å²) in [5.74, 6) is 1.69. The maximum Gasteiger partial charge on any atom is 0.282 e. The van der Waals surface area contributed by atoms with E-state index < -0.39 is 0 Å². The van der Waals surface area contributed by atoms with Crippen LogP contribution in [0.3, 0.4) is 0 Å². The molecule has 36 heavy (non-hydrogen) atoms. The number of hydrogen-bond acceptors (Lipinski definition) is 5. The molecule has 178 valence electrons. The Labute approximate surface area is 209 Å². The average molecular weight is 476 g/mol. The topological polar surface area (TPSA) is 65.7 Å². The number of ether oxygens (including phenoxy) is 2. The van der Waals surface area contributed by atoms with Gasteiger partial charge in [-0.05, 0) is 48.4 Å². The molecule has 0 saturated heterocycles. The van der Waals surface area contributed by atoms with Crippen LogP contribution in [0.4, 0.5) is 0 Å². The Morgan fingerprint density at radius 3 is 2.50 bits per heavy atom. The summed E-state index contributed by atoms with van der Waals surface area (Å²) in [5, 5.41) is 5.04. The standard InChI is InChI=1S/C30H25N3O3/c1-21-9-8-10-23(17-21)20-36-27-16-15-22(18-28(27)35-2)19-31-33-29(24-11-4-3-5-12-24)32-26-14-7-6-13-25(26)30(33)34/h3-19H,20H2,1-2H3. The maximum absolute atomic E-state index is 13.3. The molecule has 5 aromatic rings. The van der Waals surface area contributed by atoms with Gasteiger partial charge >= 0.3 is 0 Å². The molecule has 0 saturated carbocycles. The van der Waals surface area contributed by atoms with Crippen molar-refractivity contribution >= 4 is 17.1 Å². The Hall–Kier alpha value is -4.71. The maximum atomic E-state index is 13.3. The molecular formula is C30H25N3O3. The Morgan fingerprint density at radius 1 is 0.889 bits per heavy atom. The van der Waals surface area contributed by atoms with Crippen molar-refractivity contribution in [2.45, 2.75) is 13.5 Å². The first kappa shape index (κ1) is 23.1. The second-order valence-electron chi connectivity index (χ2n) is 8.37. The molecule has 0 aliphatic carbocycles. The minimum Gasteiger partial charge on any atom is -0.493 e. The normalized spacial score (nSPS) is 11.2. The number of benzene rings is 4. The molecule has 1 aromatic heterocycles. The Morgan fingerprint density at radius 2 is 1.69 bits per heavy atom. The SMILES string of the molecule is COc1cc(C=Nn2c(-c3ccccc3)nc3ccccc3c2=O)ccc1OCc1cccc(C)c1. The summed E-state index contributed by atoms with van der Waals surface area (Å²) in [6, 6.07) is 30.6. The van der Waals surface area contributed by atoms with Crippen molar-refractivity contribution in [3.8, 4) is 22.9 Å². The van der Waals surface area contributed by atoms with Gasteiger partial charge in [0.25, 0.3) is 5.56 Å². The van der Waals surface area contributed by atoms with Crippen molar-refractivity contribution in [1.29, 1.82) is 0 Å². The van der Waals surface area contributed by atoms with E-state index in [1.807, 2.05) is 78.9 Å². The zero-order chi connectivity index (χ0) is 24.9. The van der Waals surface area contributed by atoms with Crippen LogP contribution in [0.25, 0.3) is 22.3 Å². The lowest BCUT2D eigenvalue weighted by Gasteiger charge is -2.12. The quantitative estimate of drug-likeness (QED) is 0.277. The van der Waals surface area contributed by atoms with Crippen molar-refractivity contribution in [2.75, 3.05) is 7.11 Å². The summed E-state index contributed by atoms with van der Waals surface area (Å²) in [5.41, 5.74) is 4.22. The van der Waals surface area contributed by atoms with Gasteiger partial charge < -0.3 is 9.47 Å². The zero-order valence-corrected chi connectivity index (χ0v) is 20.1. The number of rotatable bonds is 7. The van der Waals surface area contributed by atoms with Gasteiger partial charge in [0.15, 0.2) is 17.3 Å². The number of fused-ring (bicyclic) bond motifs is 1. The number of hydrogen-bond donors (Lipinski definition) is 0. The van der Waals surface area contributed by atoms with Crippen molar-refractivity contribution < 1.29 is 9.47 Å². The monoisotopic (exact) mass is 475 g/mol. The van der Waals surface area contributed by atoms with Gasteiger partial charge in [0.2, 0.25) is 0 Å². The van der Waals surface area contributed by atoms with E-state index in [0.717, 1.165) is 16.7 Å². The van der Waals surface area contributed by atoms with E-state index in [2.05, 4.69) is 24.2 Å². The molecule has 0 radical (unpaired) electrons. The van der Waals surface area contributed by atoms with Crippen LogP contribution in [0.2, 0.25) is 0 Å². The van der Waals surface area contributed by atoms with E-state index in [1.54, 1.807) is 19.4 Å². The molecule has 0 bridgehead atoms. The van der Waals surface area contributed by atoms with E-state index in [0.29, 0.717) is 34.8 Å². The largest absolute Gasteiger partial charge is 0.493 e. The highest BCUT2D eigenvalue weighted by molar-refractivity contribution is 5.82. The van der Waals surface area contributed by atoms with Crippen LogP contribution >= 0.6 is 0 Å². The van der Waals surface area contributed by atoms with Crippen molar-refractivity contribution in [2.24, 2.45) is 5.10 Å². The summed E-state index contributed by atoms with van der Waals surface area (Å²) in [6.07, 6.45) is 1.62. The van der Waals surface area contributed by atoms with Gasteiger partial charge in [0.05, 0.1) is 24.2 Å². The highest BCUT2D eigenvalue weighted by atomic mass is 16.5. The zero-order valence-electron chi connectivity index (χ0n) is 20.1. The lowest BCUT2D eigenvalue weighted by molar-refractivity contribution is 0.284. The number of para-hydroxylation sites is 1. The molecule has 6 heteroatoms. The molecule has 0 fully saturated rings. The number of methoxy groups -OCH3 is 1. The van der Waals surface area contributed by atoms with Crippen LogP contribution in [0.1, 0.15) is 16.7 Å². The molecule has 1 heterocycles. The van der Waals surface area contributed by atoms with Gasteiger partial charge in [0.1, 0.15) is 6.61 Å². The van der Waals surface area contributed by atoms with Crippen LogP contribution in [0, 0.1) is 6.92 Å². The second kappa shape index (κ2) is 10.3. The predicted octanol–water partition coefficient (Wildman–Crippen LogP) is 5.84. The van der Waals surface area contributed by atoms with Crippen LogP contribution in [-0.4, -0.2) is 23.0 Å². The summed E-state index contributed by atoms with van der Waals surface area (Å²) >= 11 is 0. The Bertz CT molecular complexity index is 1610. The number of nitrogens with zero attached hydrogens (tertiary/aromatic N) is 3. The van der Waals surface area contributed by atoms with E-state index in [-0.39, 0.29) is 5.56 Å². The summed E-state index contributed by atoms with van der Waals surface area (Å²) in [7, 11) is 1.60. The lowest BCUT2D eigenvalue weighted by atomic mass is 10.1. The highest BCUT2D eigenvalue weighted by Crippen LogP contribution is 2.28. The summed E-state index contributed by atoms with van der Waals surface area (Å²) in [4.78, 5) is 18.1. The van der Waals surface area contributed by atoms with Gasteiger partial charge in [-0.15, -0.1) is 0 Å². The van der Waals surface area contributed by atoms with Gasteiger partial charge in [0, 0.05) is 5.56 Å². The average Bonchev–Trinajstić information content (AvgIpc) is 2.92. The van der Waals surface area contributed by atoms with Crippen LogP contribution in [-0.2, 0) is 6.61 Å². The molecule has 0 spiro atoms. The molecule has 0 atom stereocenters. The van der Waals surface area contributed by atoms with Crippen LogP contribution < -0.4 is 15.0 Å². The molecule has 0 amide bonds. The first-order valence-electron chi connectivity index (χ1n) is 11.6. The predicted molar refractivity (Wildman–Crippen MR) is 143 cm³/mol. The van der Waals surface area contributed by atoms with E-state index in [1.165, 1.54) is 10.2 Å². The molecule has 0 unspecified atom stereocenters. The Balaban J connectivity index is 1.48. The van der Waals surface area contributed by atoms with E-state index >= 15 is 0 Å². The molecular weight excluding hydrogens is 450 g/mol. The summed E-state index contributed by atoms with van der Waals surface area (Å²) < 4.78 is 12.9. The van der Waals surface area contributed by atoms with Gasteiger partial charge in [-0.2, -0.15) is 9.78 Å². The fourth-order valence-electron chi connectivity index (χ4n) is 3.98. The molecule has 0 aliphatic heterocycles.